The summed E-state index contributed by atoms with van der Waals surface area (Å²) < 4.78 is 6.14. The summed E-state index contributed by atoms with van der Waals surface area (Å²) in [5.74, 6) is -0.0731. The standard InChI is InChI=1S/C23H26N2O3/c1-17-8-10-18(11-9-17)14-21(26)25-12-13-28-23(16-25)20(15-24(2)22(23)27)19-6-4-3-5-7-19/h3-11,20H,12-16H2,1-2H3/t20-,23+/m0/s1. The van der Waals surface area contributed by atoms with E-state index in [9.17, 15) is 9.59 Å². The number of hydrogen-bond donors (Lipinski definition) is 0. The number of ether oxygens (including phenoxy) is 1. The number of rotatable bonds is 3. The lowest BCUT2D eigenvalue weighted by Crippen LogP contribution is -2.59. The predicted octanol–water partition coefficient (Wildman–Crippen LogP) is 2.39. The van der Waals surface area contributed by atoms with E-state index in [0.29, 0.717) is 32.7 Å². The normalized spacial score (nSPS) is 24.8. The third-order valence-corrected chi connectivity index (χ3v) is 5.91. The molecule has 2 aromatic carbocycles. The SMILES string of the molecule is Cc1ccc(CC(=O)N2CCO[C@@]3(C2)C(=O)N(C)C[C@H]3c2ccccc2)cc1. The van der Waals surface area contributed by atoms with E-state index in [-0.39, 0.29) is 17.7 Å². The molecule has 2 heterocycles. The molecule has 28 heavy (non-hydrogen) atoms. The number of aryl methyl sites for hydroxylation is 1. The van der Waals surface area contributed by atoms with Gasteiger partial charge in [-0.1, -0.05) is 60.2 Å². The van der Waals surface area contributed by atoms with Gasteiger partial charge in [-0.2, -0.15) is 0 Å². The van der Waals surface area contributed by atoms with Crippen molar-refractivity contribution in [2.24, 2.45) is 0 Å². The number of benzene rings is 2. The minimum absolute atomic E-state index is 0.0332. The van der Waals surface area contributed by atoms with Gasteiger partial charge < -0.3 is 14.5 Å². The lowest BCUT2D eigenvalue weighted by Gasteiger charge is -2.42. The first-order chi connectivity index (χ1) is 13.5. The van der Waals surface area contributed by atoms with Crippen LogP contribution in [-0.2, 0) is 20.7 Å². The molecule has 2 saturated heterocycles. The van der Waals surface area contributed by atoms with Crippen LogP contribution < -0.4 is 0 Å². The molecule has 2 atom stereocenters. The van der Waals surface area contributed by atoms with Crippen LogP contribution in [0.2, 0.25) is 0 Å². The fraction of sp³-hybridized carbons (Fsp3) is 0.391. The summed E-state index contributed by atoms with van der Waals surface area (Å²) in [5, 5.41) is 0. The Kier molecular flexibility index (Phi) is 4.94. The summed E-state index contributed by atoms with van der Waals surface area (Å²) in [5.41, 5.74) is 2.25. The van der Waals surface area contributed by atoms with Gasteiger partial charge in [0.25, 0.3) is 5.91 Å². The molecule has 146 valence electrons. The van der Waals surface area contributed by atoms with Gasteiger partial charge in [-0.15, -0.1) is 0 Å². The molecule has 5 nitrogen and oxygen atoms in total. The average molecular weight is 378 g/mol. The van der Waals surface area contributed by atoms with Gasteiger partial charge in [0, 0.05) is 26.1 Å². The zero-order chi connectivity index (χ0) is 19.7. The number of hydrogen-bond acceptors (Lipinski definition) is 3. The number of carbonyl (C=O) groups excluding carboxylic acids is 2. The first-order valence-electron chi connectivity index (χ1n) is 9.77. The van der Waals surface area contributed by atoms with Gasteiger partial charge in [0.2, 0.25) is 5.91 Å². The Bertz CT molecular complexity index is 865. The maximum Gasteiger partial charge on any atom is 0.257 e. The Balaban J connectivity index is 1.57. The second kappa shape index (κ2) is 7.40. The Labute approximate surface area is 165 Å². The molecular formula is C23H26N2O3. The molecule has 2 aliphatic heterocycles. The lowest BCUT2D eigenvalue weighted by molar-refractivity contribution is -0.166. The first kappa shape index (κ1) is 18.7. The van der Waals surface area contributed by atoms with Crippen LogP contribution in [-0.4, -0.2) is 60.5 Å². The van der Waals surface area contributed by atoms with E-state index < -0.39 is 5.60 Å². The van der Waals surface area contributed by atoms with E-state index in [1.165, 1.54) is 5.56 Å². The van der Waals surface area contributed by atoms with Gasteiger partial charge >= 0.3 is 0 Å². The van der Waals surface area contributed by atoms with Gasteiger partial charge in [-0.25, -0.2) is 0 Å². The summed E-state index contributed by atoms with van der Waals surface area (Å²) in [7, 11) is 1.81. The molecule has 0 N–H and O–H groups in total. The summed E-state index contributed by atoms with van der Waals surface area (Å²) in [6, 6.07) is 18.0. The van der Waals surface area contributed by atoms with Crippen LogP contribution in [0.5, 0.6) is 0 Å². The highest BCUT2D eigenvalue weighted by atomic mass is 16.5. The van der Waals surface area contributed by atoms with Gasteiger partial charge in [0.05, 0.1) is 19.6 Å². The Morgan fingerprint density at radius 2 is 1.86 bits per heavy atom. The maximum atomic E-state index is 13.1. The Morgan fingerprint density at radius 1 is 1.14 bits per heavy atom. The number of likely N-dealkylation sites (N-methyl/N-ethyl adjacent to an activating group) is 1. The summed E-state index contributed by atoms with van der Waals surface area (Å²) >= 11 is 0. The molecule has 2 aromatic rings. The van der Waals surface area contributed by atoms with Gasteiger partial charge in [0.15, 0.2) is 5.60 Å². The van der Waals surface area contributed by atoms with Crippen molar-refractivity contribution in [2.45, 2.75) is 24.9 Å². The number of likely N-dealkylation sites (tertiary alicyclic amines) is 1. The molecule has 2 amide bonds. The second-order valence-corrected chi connectivity index (χ2v) is 7.86. The van der Waals surface area contributed by atoms with Crippen LogP contribution >= 0.6 is 0 Å². The van der Waals surface area contributed by atoms with E-state index in [4.69, 9.17) is 4.74 Å². The fourth-order valence-corrected chi connectivity index (χ4v) is 4.33. The van der Waals surface area contributed by atoms with Crippen LogP contribution in [0.4, 0.5) is 0 Å². The van der Waals surface area contributed by atoms with E-state index in [1.807, 2.05) is 68.6 Å². The average Bonchev–Trinajstić information content (AvgIpc) is 2.95. The summed E-state index contributed by atoms with van der Waals surface area (Å²) in [4.78, 5) is 29.6. The van der Waals surface area contributed by atoms with E-state index in [0.717, 1.165) is 11.1 Å². The topological polar surface area (TPSA) is 49.9 Å². The van der Waals surface area contributed by atoms with Crippen molar-refractivity contribution >= 4 is 11.8 Å². The van der Waals surface area contributed by atoms with Crippen molar-refractivity contribution in [3.63, 3.8) is 0 Å². The predicted molar refractivity (Wildman–Crippen MR) is 107 cm³/mol. The molecule has 0 bridgehead atoms. The van der Waals surface area contributed by atoms with Crippen molar-refractivity contribution in [3.05, 3.63) is 71.3 Å². The van der Waals surface area contributed by atoms with Gasteiger partial charge in [-0.3, -0.25) is 9.59 Å². The van der Waals surface area contributed by atoms with Crippen LogP contribution in [0.3, 0.4) is 0 Å². The zero-order valence-corrected chi connectivity index (χ0v) is 16.4. The van der Waals surface area contributed by atoms with Crippen LogP contribution in [0, 0.1) is 6.92 Å². The van der Waals surface area contributed by atoms with E-state index >= 15 is 0 Å². The maximum absolute atomic E-state index is 13.1. The molecule has 5 heteroatoms. The smallest absolute Gasteiger partial charge is 0.257 e. The lowest BCUT2D eigenvalue weighted by atomic mass is 9.83. The first-order valence-corrected chi connectivity index (χ1v) is 9.77. The molecule has 0 aromatic heterocycles. The molecule has 4 rings (SSSR count). The van der Waals surface area contributed by atoms with Crippen molar-refractivity contribution < 1.29 is 14.3 Å². The van der Waals surface area contributed by atoms with Crippen LogP contribution in [0.25, 0.3) is 0 Å². The highest BCUT2D eigenvalue weighted by Gasteiger charge is 2.57. The molecule has 2 aliphatic rings. The third-order valence-electron chi connectivity index (χ3n) is 5.91. The largest absolute Gasteiger partial charge is 0.361 e. The number of carbonyl (C=O) groups is 2. The number of nitrogens with zero attached hydrogens (tertiary/aromatic N) is 2. The quantitative estimate of drug-likeness (QED) is 0.824. The third kappa shape index (κ3) is 3.31. The van der Waals surface area contributed by atoms with Crippen LogP contribution in [0.1, 0.15) is 22.6 Å². The molecule has 0 unspecified atom stereocenters. The molecule has 1 spiro atoms. The van der Waals surface area contributed by atoms with Crippen LogP contribution in [0.15, 0.2) is 54.6 Å². The highest BCUT2D eigenvalue weighted by molar-refractivity contribution is 5.90. The minimum atomic E-state index is -0.989. The number of morpholine rings is 1. The zero-order valence-electron chi connectivity index (χ0n) is 16.4. The second-order valence-electron chi connectivity index (χ2n) is 7.86. The highest BCUT2D eigenvalue weighted by Crippen LogP contribution is 2.41. The molecule has 0 radical (unpaired) electrons. The van der Waals surface area contributed by atoms with Crippen molar-refractivity contribution in [1.29, 1.82) is 0 Å². The van der Waals surface area contributed by atoms with Gasteiger partial charge in [0.1, 0.15) is 0 Å². The summed E-state index contributed by atoms with van der Waals surface area (Å²) in [6.45, 7) is 3.83. The summed E-state index contributed by atoms with van der Waals surface area (Å²) in [6.07, 6.45) is 0.344. The molecule has 0 saturated carbocycles. The minimum Gasteiger partial charge on any atom is -0.361 e. The number of amides is 2. The Morgan fingerprint density at radius 3 is 2.57 bits per heavy atom. The van der Waals surface area contributed by atoms with Crippen molar-refractivity contribution in [1.82, 2.24) is 9.80 Å². The Hall–Kier alpha value is -2.66. The van der Waals surface area contributed by atoms with E-state index in [1.54, 1.807) is 9.80 Å². The monoisotopic (exact) mass is 378 g/mol. The van der Waals surface area contributed by atoms with Gasteiger partial charge in [-0.05, 0) is 18.1 Å². The molecule has 0 aliphatic carbocycles. The fourth-order valence-electron chi connectivity index (χ4n) is 4.33. The van der Waals surface area contributed by atoms with Crippen molar-refractivity contribution in [3.8, 4) is 0 Å². The molecular weight excluding hydrogens is 352 g/mol. The van der Waals surface area contributed by atoms with E-state index in [2.05, 4.69) is 0 Å². The molecule has 2 fully saturated rings. The van der Waals surface area contributed by atoms with Crippen molar-refractivity contribution in [2.75, 3.05) is 33.3 Å².